The fourth-order valence-corrected chi connectivity index (χ4v) is 5.59. The average Bonchev–Trinajstić information content (AvgIpc) is 3.19. The molecule has 0 unspecified atom stereocenters. The second-order valence-corrected chi connectivity index (χ2v) is 11.7. The van der Waals surface area contributed by atoms with Crippen molar-refractivity contribution in [1.29, 1.82) is 0 Å². The maximum atomic E-state index is 14.1. The molecule has 3 aromatic carbocycles. The number of nitrogens with zero attached hydrogens (tertiary/aromatic N) is 2. The summed E-state index contributed by atoms with van der Waals surface area (Å²) >= 11 is 0. The van der Waals surface area contributed by atoms with Gasteiger partial charge < -0.3 is 19.0 Å². The SMILES string of the molecule is Cc1nc2ccc3c(=O)c(-c4ccc(C5(NC(=O)OC(C)(C)C)CCC5)cc4)c(-c4ccccc4)oc3c2n1C. The van der Waals surface area contributed by atoms with Crippen LogP contribution in [0.4, 0.5) is 4.79 Å². The van der Waals surface area contributed by atoms with Crippen LogP contribution in [0.15, 0.2) is 75.9 Å². The summed E-state index contributed by atoms with van der Waals surface area (Å²) in [4.78, 5) is 31.4. The lowest BCUT2D eigenvalue weighted by Crippen LogP contribution is -2.52. The minimum atomic E-state index is -0.573. The Morgan fingerprint density at radius 1 is 1.00 bits per heavy atom. The van der Waals surface area contributed by atoms with E-state index in [2.05, 4.69) is 10.3 Å². The Kier molecular flexibility index (Phi) is 6.06. The molecule has 1 saturated carbocycles. The first kappa shape index (κ1) is 25.9. The number of ether oxygens (including phenoxy) is 1. The third kappa shape index (κ3) is 4.35. The Balaban J connectivity index is 1.48. The van der Waals surface area contributed by atoms with Crippen LogP contribution in [-0.2, 0) is 17.3 Å². The lowest BCUT2D eigenvalue weighted by molar-refractivity contribution is 0.0377. The largest absolute Gasteiger partial charge is 0.453 e. The first-order chi connectivity index (χ1) is 19.1. The molecular formula is C33H33N3O4. The fraction of sp³-hybridized carbons (Fsp3) is 0.303. The highest BCUT2D eigenvalue weighted by molar-refractivity contribution is 6.03. The van der Waals surface area contributed by atoms with Gasteiger partial charge in [-0.15, -0.1) is 0 Å². The van der Waals surface area contributed by atoms with Gasteiger partial charge in [-0.3, -0.25) is 4.79 Å². The van der Waals surface area contributed by atoms with Gasteiger partial charge in [-0.05, 0) is 70.2 Å². The van der Waals surface area contributed by atoms with Crippen molar-refractivity contribution in [2.75, 3.05) is 0 Å². The van der Waals surface area contributed by atoms with E-state index < -0.39 is 17.2 Å². The van der Waals surface area contributed by atoms with Crippen molar-refractivity contribution in [3.8, 4) is 22.5 Å². The second kappa shape index (κ2) is 9.37. The van der Waals surface area contributed by atoms with E-state index in [0.29, 0.717) is 22.3 Å². The van der Waals surface area contributed by atoms with Gasteiger partial charge in [-0.2, -0.15) is 0 Å². The van der Waals surface area contributed by atoms with Crippen LogP contribution < -0.4 is 10.7 Å². The number of fused-ring (bicyclic) bond motifs is 3. The standard InChI is InChI=1S/C33H33N3O4/c1-20-34-25-17-16-24-28(37)26(29(22-10-7-6-8-11-22)39-30(24)27(25)36(20)5)21-12-14-23(15-13-21)33(18-9-19-33)35-31(38)40-32(2,3)4/h6-8,10-17H,9,18-19H2,1-5H3,(H,35,38). The van der Waals surface area contributed by atoms with E-state index in [9.17, 15) is 9.59 Å². The van der Waals surface area contributed by atoms with Crippen LogP contribution in [-0.4, -0.2) is 21.2 Å². The van der Waals surface area contributed by atoms with Crippen molar-refractivity contribution in [2.24, 2.45) is 7.05 Å². The normalized spacial score (nSPS) is 14.7. The molecule has 204 valence electrons. The van der Waals surface area contributed by atoms with Gasteiger partial charge in [0.15, 0.2) is 5.58 Å². The summed E-state index contributed by atoms with van der Waals surface area (Å²) < 4.78 is 14.1. The van der Waals surface area contributed by atoms with Gasteiger partial charge in [0, 0.05) is 12.6 Å². The first-order valence-corrected chi connectivity index (χ1v) is 13.7. The van der Waals surface area contributed by atoms with Crippen molar-refractivity contribution in [3.05, 3.63) is 88.3 Å². The zero-order valence-electron chi connectivity index (χ0n) is 23.5. The zero-order valence-corrected chi connectivity index (χ0v) is 23.5. The molecule has 1 N–H and O–H groups in total. The van der Waals surface area contributed by atoms with Gasteiger partial charge in [0.05, 0.1) is 22.0 Å². The van der Waals surface area contributed by atoms with E-state index in [-0.39, 0.29) is 5.43 Å². The van der Waals surface area contributed by atoms with E-state index in [1.165, 1.54) is 0 Å². The maximum absolute atomic E-state index is 14.1. The zero-order chi connectivity index (χ0) is 28.2. The van der Waals surface area contributed by atoms with Crippen LogP contribution in [0.1, 0.15) is 51.4 Å². The van der Waals surface area contributed by atoms with Gasteiger partial charge in [-0.1, -0.05) is 54.6 Å². The number of carbonyl (C=O) groups excluding carboxylic acids is 1. The van der Waals surface area contributed by atoms with E-state index in [4.69, 9.17) is 9.15 Å². The molecule has 0 radical (unpaired) electrons. The van der Waals surface area contributed by atoms with E-state index >= 15 is 0 Å². The van der Waals surface area contributed by atoms with Crippen LogP contribution in [0.3, 0.4) is 0 Å². The highest BCUT2D eigenvalue weighted by Gasteiger charge is 2.41. The summed E-state index contributed by atoms with van der Waals surface area (Å²) in [7, 11) is 1.93. The van der Waals surface area contributed by atoms with Crippen LogP contribution >= 0.6 is 0 Å². The lowest BCUT2D eigenvalue weighted by Gasteiger charge is -2.43. The quantitative estimate of drug-likeness (QED) is 0.262. The van der Waals surface area contributed by atoms with Crippen molar-refractivity contribution in [2.45, 2.75) is 58.1 Å². The molecule has 0 aliphatic heterocycles. The van der Waals surface area contributed by atoms with Crippen molar-refractivity contribution >= 4 is 28.1 Å². The first-order valence-electron chi connectivity index (χ1n) is 13.7. The highest BCUT2D eigenvalue weighted by Crippen LogP contribution is 2.42. The second-order valence-electron chi connectivity index (χ2n) is 11.7. The number of rotatable bonds is 4. The number of amides is 1. The van der Waals surface area contributed by atoms with Crippen LogP contribution in [0.25, 0.3) is 44.5 Å². The summed E-state index contributed by atoms with van der Waals surface area (Å²) in [5.41, 5.74) is 4.04. The Hall–Kier alpha value is -4.39. The molecule has 1 amide bonds. The van der Waals surface area contributed by atoms with Crippen molar-refractivity contribution in [3.63, 3.8) is 0 Å². The minimum absolute atomic E-state index is 0.0983. The molecule has 1 fully saturated rings. The predicted octanol–water partition coefficient (Wildman–Crippen LogP) is 7.23. The van der Waals surface area contributed by atoms with Gasteiger partial charge in [0.25, 0.3) is 0 Å². The van der Waals surface area contributed by atoms with Gasteiger partial charge >= 0.3 is 6.09 Å². The number of carbonyl (C=O) groups is 1. The molecule has 0 atom stereocenters. The number of aryl methyl sites for hydroxylation is 2. The molecule has 1 aliphatic carbocycles. The number of imidazole rings is 1. The molecule has 40 heavy (non-hydrogen) atoms. The van der Waals surface area contributed by atoms with Gasteiger partial charge in [0.2, 0.25) is 5.43 Å². The van der Waals surface area contributed by atoms with Crippen LogP contribution in [0.5, 0.6) is 0 Å². The Morgan fingerprint density at radius 2 is 1.70 bits per heavy atom. The Morgan fingerprint density at radius 3 is 2.33 bits per heavy atom. The molecular weight excluding hydrogens is 502 g/mol. The highest BCUT2D eigenvalue weighted by atomic mass is 16.6. The smallest absolute Gasteiger partial charge is 0.408 e. The molecule has 0 saturated heterocycles. The maximum Gasteiger partial charge on any atom is 0.408 e. The third-order valence-electron chi connectivity index (χ3n) is 7.83. The van der Waals surface area contributed by atoms with Gasteiger partial charge in [0.1, 0.15) is 22.7 Å². The number of benzene rings is 3. The molecule has 7 nitrogen and oxygen atoms in total. The molecule has 0 spiro atoms. The topological polar surface area (TPSA) is 86.4 Å². The molecule has 5 aromatic rings. The van der Waals surface area contributed by atoms with E-state index in [1.807, 2.05) is 100.0 Å². The number of nitrogens with one attached hydrogen (secondary N) is 1. The summed E-state index contributed by atoms with van der Waals surface area (Å²) in [6.07, 6.45) is 2.26. The number of aromatic nitrogens is 2. The van der Waals surface area contributed by atoms with Crippen molar-refractivity contribution in [1.82, 2.24) is 14.9 Å². The Labute approximate surface area is 232 Å². The summed E-state index contributed by atoms with van der Waals surface area (Å²) in [6, 6.07) is 21.3. The Bertz CT molecular complexity index is 1810. The average molecular weight is 536 g/mol. The molecule has 7 heteroatoms. The summed E-state index contributed by atoms with van der Waals surface area (Å²) in [6.45, 7) is 7.50. The monoisotopic (exact) mass is 535 g/mol. The third-order valence-corrected chi connectivity index (χ3v) is 7.83. The molecule has 2 heterocycles. The number of hydrogen-bond donors (Lipinski definition) is 1. The van der Waals surface area contributed by atoms with Crippen LogP contribution in [0.2, 0.25) is 0 Å². The molecule has 1 aliphatic rings. The fourth-order valence-electron chi connectivity index (χ4n) is 5.59. The number of alkyl carbamates (subject to hydrolysis) is 1. The van der Waals surface area contributed by atoms with E-state index in [0.717, 1.165) is 52.8 Å². The van der Waals surface area contributed by atoms with E-state index in [1.54, 1.807) is 6.07 Å². The minimum Gasteiger partial charge on any atom is -0.453 e. The van der Waals surface area contributed by atoms with Crippen molar-refractivity contribution < 1.29 is 13.9 Å². The number of hydrogen-bond acceptors (Lipinski definition) is 5. The molecule has 2 aromatic heterocycles. The summed E-state index contributed by atoms with van der Waals surface area (Å²) in [5.74, 6) is 1.36. The molecule has 0 bridgehead atoms. The molecule has 6 rings (SSSR count). The van der Waals surface area contributed by atoms with Gasteiger partial charge in [-0.25, -0.2) is 9.78 Å². The summed E-state index contributed by atoms with van der Waals surface area (Å²) in [5, 5.41) is 3.62. The predicted molar refractivity (Wildman–Crippen MR) is 157 cm³/mol. The van der Waals surface area contributed by atoms with Crippen LogP contribution in [0, 0.1) is 6.92 Å². The lowest BCUT2D eigenvalue weighted by atomic mass is 9.71.